The first-order chi connectivity index (χ1) is 12.3. The minimum absolute atomic E-state index is 0.135. The summed E-state index contributed by atoms with van der Waals surface area (Å²) in [5.41, 5.74) is 4.40. The van der Waals surface area contributed by atoms with Crippen LogP contribution in [0.1, 0.15) is 29.5 Å². The molecule has 7 heteroatoms. The van der Waals surface area contributed by atoms with Gasteiger partial charge in [-0.05, 0) is 67.1 Å². The zero-order chi connectivity index (χ0) is 18.5. The lowest BCUT2D eigenvalue weighted by Crippen LogP contribution is -2.39. The van der Waals surface area contributed by atoms with Crippen molar-refractivity contribution in [3.8, 4) is 0 Å². The molecular formula is C19H19ClN2O3S. The zero-order valence-electron chi connectivity index (χ0n) is 14.4. The molecule has 0 fully saturated rings. The van der Waals surface area contributed by atoms with Crippen molar-refractivity contribution in [1.29, 1.82) is 0 Å². The van der Waals surface area contributed by atoms with Crippen LogP contribution >= 0.6 is 11.6 Å². The Hall–Kier alpha value is -2.05. The van der Waals surface area contributed by atoms with Crippen molar-refractivity contribution in [2.45, 2.75) is 37.5 Å². The Labute approximate surface area is 158 Å². The molecule has 2 aliphatic heterocycles. The molecule has 2 heterocycles. The predicted molar refractivity (Wildman–Crippen MR) is 102 cm³/mol. The number of halogens is 1. The van der Waals surface area contributed by atoms with Gasteiger partial charge >= 0.3 is 0 Å². The lowest BCUT2D eigenvalue weighted by atomic mass is 9.91. The van der Waals surface area contributed by atoms with E-state index < -0.39 is 10.0 Å². The molecule has 0 atom stereocenters. The van der Waals surface area contributed by atoms with Crippen LogP contribution in [-0.2, 0) is 27.7 Å². The first kappa shape index (κ1) is 17.4. The van der Waals surface area contributed by atoms with Crippen LogP contribution in [0.5, 0.6) is 0 Å². The standard InChI is InChI=1S/C19H19ClN2O3S/c1-12-4-6-16(11-17(12)20)26(24,25)21-15-9-13-3-2-8-22-18(23)7-5-14(10-15)19(13)22/h4,6,9-11,21H,2-3,5,7-8H2,1H3. The molecule has 0 unspecified atom stereocenters. The van der Waals surface area contributed by atoms with Crippen molar-refractivity contribution in [3.63, 3.8) is 0 Å². The summed E-state index contributed by atoms with van der Waals surface area (Å²) in [6, 6.07) is 8.39. The third-order valence-electron chi connectivity index (χ3n) is 4.98. The topological polar surface area (TPSA) is 66.5 Å². The molecule has 0 saturated carbocycles. The largest absolute Gasteiger partial charge is 0.312 e. The maximum Gasteiger partial charge on any atom is 0.261 e. The Morgan fingerprint density at radius 1 is 1.08 bits per heavy atom. The second kappa shape index (κ2) is 6.28. The number of benzene rings is 2. The molecular weight excluding hydrogens is 372 g/mol. The Bertz CT molecular complexity index is 1000. The van der Waals surface area contributed by atoms with Crippen LogP contribution in [-0.4, -0.2) is 20.9 Å². The summed E-state index contributed by atoms with van der Waals surface area (Å²) in [6.45, 7) is 2.57. The van der Waals surface area contributed by atoms with E-state index in [0.717, 1.165) is 41.8 Å². The number of carbonyl (C=O) groups is 1. The van der Waals surface area contributed by atoms with Crippen molar-refractivity contribution in [1.82, 2.24) is 0 Å². The summed E-state index contributed by atoms with van der Waals surface area (Å²) in [6.07, 6.45) is 2.85. The van der Waals surface area contributed by atoms with E-state index in [9.17, 15) is 13.2 Å². The third-order valence-corrected chi connectivity index (χ3v) is 6.77. The van der Waals surface area contributed by atoms with Crippen LogP contribution in [0.4, 0.5) is 11.4 Å². The Morgan fingerprint density at radius 3 is 2.54 bits per heavy atom. The van der Waals surface area contributed by atoms with Gasteiger partial charge in [0, 0.05) is 23.7 Å². The van der Waals surface area contributed by atoms with Gasteiger partial charge in [-0.15, -0.1) is 0 Å². The molecule has 1 amide bonds. The molecule has 0 bridgehead atoms. The van der Waals surface area contributed by atoms with Crippen LogP contribution in [0.15, 0.2) is 35.2 Å². The number of rotatable bonds is 3. The van der Waals surface area contributed by atoms with Crippen LogP contribution in [0.3, 0.4) is 0 Å². The van der Waals surface area contributed by atoms with Gasteiger partial charge in [-0.2, -0.15) is 0 Å². The normalized spacial score (nSPS) is 16.4. The van der Waals surface area contributed by atoms with Gasteiger partial charge < -0.3 is 4.90 Å². The van der Waals surface area contributed by atoms with Crippen molar-refractivity contribution in [2.24, 2.45) is 0 Å². The lowest BCUT2D eigenvalue weighted by Gasteiger charge is -2.35. The highest BCUT2D eigenvalue weighted by Gasteiger charge is 2.30. The van der Waals surface area contributed by atoms with Gasteiger partial charge in [0.1, 0.15) is 0 Å². The first-order valence-electron chi connectivity index (χ1n) is 8.60. The van der Waals surface area contributed by atoms with Crippen LogP contribution in [0.25, 0.3) is 0 Å². The van der Waals surface area contributed by atoms with Crippen LogP contribution < -0.4 is 9.62 Å². The average molecular weight is 391 g/mol. The van der Waals surface area contributed by atoms with E-state index in [0.29, 0.717) is 23.6 Å². The number of sulfonamides is 1. The molecule has 0 saturated heterocycles. The van der Waals surface area contributed by atoms with E-state index in [1.165, 1.54) is 6.07 Å². The average Bonchev–Trinajstić information content (AvgIpc) is 2.60. The molecule has 0 radical (unpaired) electrons. The molecule has 4 rings (SSSR count). The number of nitrogens with zero attached hydrogens (tertiary/aromatic N) is 1. The highest BCUT2D eigenvalue weighted by Crippen LogP contribution is 2.38. The first-order valence-corrected chi connectivity index (χ1v) is 10.5. The predicted octanol–water partition coefficient (Wildman–Crippen LogP) is 3.67. The van der Waals surface area contributed by atoms with Crippen molar-refractivity contribution >= 4 is 38.9 Å². The second-order valence-electron chi connectivity index (χ2n) is 6.81. The monoisotopic (exact) mass is 390 g/mol. The third kappa shape index (κ3) is 2.97. The fourth-order valence-corrected chi connectivity index (χ4v) is 4.98. The Balaban J connectivity index is 1.71. The van der Waals surface area contributed by atoms with E-state index in [-0.39, 0.29) is 10.8 Å². The number of anilines is 2. The summed E-state index contributed by atoms with van der Waals surface area (Å²) in [5.74, 6) is 0.154. The lowest BCUT2D eigenvalue weighted by molar-refractivity contribution is -0.119. The number of carbonyl (C=O) groups excluding carboxylic acids is 1. The number of hydrogen-bond acceptors (Lipinski definition) is 3. The summed E-state index contributed by atoms with van der Waals surface area (Å²) in [4.78, 5) is 14.1. The minimum atomic E-state index is -3.73. The number of amides is 1. The summed E-state index contributed by atoms with van der Waals surface area (Å²) in [5, 5.41) is 0.419. The van der Waals surface area contributed by atoms with Crippen molar-refractivity contribution < 1.29 is 13.2 Å². The van der Waals surface area contributed by atoms with E-state index in [1.807, 2.05) is 24.0 Å². The smallest absolute Gasteiger partial charge is 0.261 e. The Kier molecular flexibility index (Phi) is 4.20. The molecule has 136 valence electrons. The maximum atomic E-state index is 12.7. The fourth-order valence-electron chi connectivity index (χ4n) is 3.67. The zero-order valence-corrected chi connectivity index (χ0v) is 16.0. The van der Waals surface area contributed by atoms with Crippen molar-refractivity contribution in [2.75, 3.05) is 16.2 Å². The number of hydrogen-bond donors (Lipinski definition) is 1. The quantitative estimate of drug-likeness (QED) is 0.869. The molecule has 5 nitrogen and oxygen atoms in total. The molecule has 0 spiro atoms. The van der Waals surface area contributed by atoms with Gasteiger partial charge in [-0.25, -0.2) is 8.42 Å². The fraction of sp³-hybridized carbons (Fsp3) is 0.316. The number of nitrogens with one attached hydrogen (secondary N) is 1. The van der Waals surface area contributed by atoms with Gasteiger partial charge in [0.2, 0.25) is 5.91 Å². The van der Waals surface area contributed by atoms with Gasteiger partial charge in [0.05, 0.1) is 10.6 Å². The molecule has 0 aliphatic carbocycles. The summed E-state index contributed by atoms with van der Waals surface area (Å²) >= 11 is 6.07. The van der Waals surface area contributed by atoms with Crippen LogP contribution in [0, 0.1) is 6.92 Å². The minimum Gasteiger partial charge on any atom is -0.312 e. The maximum absolute atomic E-state index is 12.7. The molecule has 1 N–H and O–H groups in total. The highest BCUT2D eigenvalue weighted by atomic mass is 35.5. The van der Waals surface area contributed by atoms with E-state index in [1.54, 1.807) is 12.1 Å². The van der Waals surface area contributed by atoms with Gasteiger partial charge in [0.15, 0.2) is 0 Å². The summed E-state index contributed by atoms with van der Waals surface area (Å²) < 4.78 is 28.1. The van der Waals surface area contributed by atoms with Crippen LogP contribution in [0.2, 0.25) is 5.02 Å². The van der Waals surface area contributed by atoms with Crippen molar-refractivity contribution in [3.05, 3.63) is 52.0 Å². The SMILES string of the molecule is Cc1ccc(S(=O)(=O)Nc2cc3c4c(c2)CCC(=O)N4CCC3)cc1Cl. The van der Waals surface area contributed by atoms with E-state index in [4.69, 9.17) is 11.6 Å². The van der Waals surface area contributed by atoms with Gasteiger partial charge in [0.25, 0.3) is 10.0 Å². The second-order valence-corrected chi connectivity index (χ2v) is 8.90. The van der Waals surface area contributed by atoms with E-state index >= 15 is 0 Å². The molecule has 0 aromatic heterocycles. The molecule has 2 aliphatic rings. The van der Waals surface area contributed by atoms with E-state index in [2.05, 4.69) is 4.72 Å². The van der Waals surface area contributed by atoms with Gasteiger partial charge in [-0.1, -0.05) is 17.7 Å². The molecule has 26 heavy (non-hydrogen) atoms. The summed E-state index contributed by atoms with van der Waals surface area (Å²) in [7, 11) is -3.73. The number of aryl methyl sites for hydroxylation is 3. The highest BCUT2D eigenvalue weighted by molar-refractivity contribution is 7.92. The van der Waals surface area contributed by atoms with Gasteiger partial charge in [-0.3, -0.25) is 9.52 Å². The molecule has 2 aromatic carbocycles. The Morgan fingerprint density at radius 2 is 1.81 bits per heavy atom. The molecule has 2 aromatic rings.